The molecule has 0 spiro atoms. The Hall–Kier alpha value is -2.07. The molecule has 0 amide bonds. The van der Waals surface area contributed by atoms with Gasteiger partial charge in [-0.25, -0.2) is 4.99 Å². The van der Waals surface area contributed by atoms with E-state index in [1.807, 2.05) is 42.5 Å². The van der Waals surface area contributed by atoms with Crippen molar-refractivity contribution in [3.05, 3.63) is 64.9 Å². The number of nitrogens with one attached hydrogen (secondary N) is 2. The molecule has 0 aliphatic carbocycles. The molecule has 5 heteroatoms. The Balaban J connectivity index is 1.84. The number of aromatic nitrogens is 1. The quantitative estimate of drug-likeness (QED) is 0.636. The summed E-state index contributed by atoms with van der Waals surface area (Å²) in [5.41, 5.74) is 2.20. The molecule has 0 aliphatic rings. The van der Waals surface area contributed by atoms with E-state index in [0.717, 1.165) is 36.2 Å². The Bertz CT molecular complexity index is 581. The molecular formula is C17H21ClN4. The second-order valence-corrected chi connectivity index (χ2v) is 5.26. The minimum Gasteiger partial charge on any atom is -0.357 e. The van der Waals surface area contributed by atoms with Crippen molar-refractivity contribution >= 4 is 17.6 Å². The highest BCUT2D eigenvalue weighted by Crippen LogP contribution is 2.09. The summed E-state index contributed by atoms with van der Waals surface area (Å²) in [4.78, 5) is 8.81. The SMILES string of the molecule is CCNC(=NCc1ccccn1)NCCc1ccc(Cl)cc1. The molecular weight excluding hydrogens is 296 g/mol. The van der Waals surface area contributed by atoms with Gasteiger partial charge in [-0.05, 0) is 43.2 Å². The summed E-state index contributed by atoms with van der Waals surface area (Å²) in [5.74, 6) is 0.808. The fourth-order valence-corrected chi connectivity index (χ4v) is 2.10. The van der Waals surface area contributed by atoms with E-state index in [2.05, 4.69) is 27.5 Å². The van der Waals surface area contributed by atoms with Gasteiger partial charge in [0.2, 0.25) is 0 Å². The molecule has 4 nitrogen and oxygen atoms in total. The van der Waals surface area contributed by atoms with Gasteiger partial charge in [0.05, 0.1) is 12.2 Å². The molecule has 22 heavy (non-hydrogen) atoms. The van der Waals surface area contributed by atoms with Crippen molar-refractivity contribution in [1.82, 2.24) is 15.6 Å². The van der Waals surface area contributed by atoms with Crippen molar-refractivity contribution in [2.75, 3.05) is 13.1 Å². The number of halogens is 1. The monoisotopic (exact) mass is 316 g/mol. The van der Waals surface area contributed by atoms with Gasteiger partial charge in [-0.15, -0.1) is 0 Å². The first-order chi connectivity index (χ1) is 10.8. The molecule has 0 fully saturated rings. The van der Waals surface area contributed by atoms with Crippen LogP contribution in [0.5, 0.6) is 0 Å². The van der Waals surface area contributed by atoms with Crippen LogP contribution in [0.2, 0.25) is 5.02 Å². The van der Waals surface area contributed by atoms with Crippen molar-refractivity contribution in [1.29, 1.82) is 0 Å². The maximum Gasteiger partial charge on any atom is 0.191 e. The summed E-state index contributed by atoms with van der Waals surface area (Å²) in [6, 6.07) is 13.8. The van der Waals surface area contributed by atoms with E-state index in [0.29, 0.717) is 6.54 Å². The third-order valence-corrected chi connectivity index (χ3v) is 3.34. The van der Waals surface area contributed by atoms with E-state index >= 15 is 0 Å². The molecule has 2 rings (SSSR count). The zero-order chi connectivity index (χ0) is 15.6. The minimum absolute atomic E-state index is 0.567. The topological polar surface area (TPSA) is 49.3 Å². The van der Waals surface area contributed by atoms with Crippen molar-refractivity contribution in [2.24, 2.45) is 4.99 Å². The molecule has 116 valence electrons. The second-order valence-electron chi connectivity index (χ2n) is 4.82. The van der Waals surface area contributed by atoms with E-state index in [1.54, 1.807) is 6.20 Å². The standard InChI is InChI=1S/C17H21ClN4/c1-2-19-17(22-13-16-5-3-4-11-20-16)21-12-10-14-6-8-15(18)9-7-14/h3-9,11H,2,10,12-13H2,1H3,(H2,19,21,22). The van der Waals surface area contributed by atoms with E-state index in [4.69, 9.17) is 11.6 Å². The average molecular weight is 317 g/mol. The van der Waals surface area contributed by atoms with E-state index in [9.17, 15) is 0 Å². The van der Waals surface area contributed by atoms with Crippen LogP contribution in [0.3, 0.4) is 0 Å². The Labute approximate surface area is 136 Å². The van der Waals surface area contributed by atoms with Crippen LogP contribution in [0, 0.1) is 0 Å². The fraction of sp³-hybridized carbons (Fsp3) is 0.294. The molecule has 2 N–H and O–H groups in total. The second kappa shape index (κ2) is 9.05. The number of pyridine rings is 1. The summed E-state index contributed by atoms with van der Waals surface area (Å²) < 4.78 is 0. The molecule has 0 radical (unpaired) electrons. The van der Waals surface area contributed by atoms with E-state index < -0.39 is 0 Å². The van der Waals surface area contributed by atoms with Crippen LogP contribution in [-0.4, -0.2) is 24.0 Å². The molecule has 0 bridgehead atoms. The van der Waals surface area contributed by atoms with Gasteiger partial charge in [-0.1, -0.05) is 29.8 Å². The van der Waals surface area contributed by atoms with Gasteiger partial charge in [0.15, 0.2) is 5.96 Å². The summed E-state index contributed by atoms with van der Waals surface area (Å²) >= 11 is 5.89. The Morgan fingerprint density at radius 1 is 1.14 bits per heavy atom. The third kappa shape index (κ3) is 5.74. The number of benzene rings is 1. The lowest BCUT2D eigenvalue weighted by molar-refractivity contribution is 0.797. The van der Waals surface area contributed by atoms with Gasteiger partial charge in [0.25, 0.3) is 0 Å². The number of aliphatic imine (C=N–C) groups is 1. The first-order valence-electron chi connectivity index (χ1n) is 7.44. The predicted molar refractivity (Wildman–Crippen MR) is 92.2 cm³/mol. The zero-order valence-corrected chi connectivity index (χ0v) is 13.5. The van der Waals surface area contributed by atoms with Gasteiger partial charge in [0, 0.05) is 24.3 Å². The average Bonchev–Trinajstić information content (AvgIpc) is 2.55. The highest BCUT2D eigenvalue weighted by atomic mass is 35.5. The smallest absolute Gasteiger partial charge is 0.191 e. The van der Waals surface area contributed by atoms with E-state index in [-0.39, 0.29) is 0 Å². The molecule has 1 heterocycles. The summed E-state index contributed by atoms with van der Waals surface area (Å²) in [6.45, 7) is 4.26. The minimum atomic E-state index is 0.567. The van der Waals surface area contributed by atoms with Crippen molar-refractivity contribution in [2.45, 2.75) is 19.9 Å². The zero-order valence-electron chi connectivity index (χ0n) is 12.7. The maximum atomic E-state index is 5.89. The number of hydrogen-bond acceptors (Lipinski definition) is 2. The van der Waals surface area contributed by atoms with Crippen molar-refractivity contribution in [3.8, 4) is 0 Å². The molecule has 0 saturated heterocycles. The van der Waals surface area contributed by atoms with Crippen LogP contribution >= 0.6 is 11.6 Å². The lowest BCUT2D eigenvalue weighted by Crippen LogP contribution is -2.38. The van der Waals surface area contributed by atoms with Crippen molar-refractivity contribution in [3.63, 3.8) is 0 Å². The molecule has 0 atom stereocenters. The highest BCUT2D eigenvalue weighted by molar-refractivity contribution is 6.30. The molecule has 2 aromatic rings. The van der Waals surface area contributed by atoms with Crippen LogP contribution < -0.4 is 10.6 Å². The van der Waals surface area contributed by atoms with Crippen LogP contribution in [-0.2, 0) is 13.0 Å². The molecule has 1 aromatic carbocycles. The molecule has 0 aliphatic heterocycles. The number of guanidine groups is 1. The number of nitrogens with zero attached hydrogens (tertiary/aromatic N) is 2. The first kappa shape index (κ1) is 16.3. The largest absolute Gasteiger partial charge is 0.357 e. The lowest BCUT2D eigenvalue weighted by atomic mass is 10.1. The van der Waals surface area contributed by atoms with Crippen LogP contribution in [0.15, 0.2) is 53.7 Å². The summed E-state index contributed by atoms with van der Waals surface area (Å²) in [6.07, 6.45) is 2.71. The number of hydrogen-bond donors (Lipinski definition) is 2. The normalized spacial score (nSPS) is 11.3. The summed E-state index contributed by atoms with van der Waals surface area (Å²) in [5, 5.41) is 7.34. The van der Waals surface area contributed by atoms with E-state index in [1.165, 1.54) is 5.56 Å². The maximum absolute atomic E-state index is 5.89. The molecule has 0 saturated carbocycles. The van der Waals surface area contributed by atoms with Crippen molar-refractivity contribution < 1.29 is 0 Å². The predicted octanol–water partition coefficient (Wildman–Crippen LogP) is 3.03. The third-order valence-electron chi connectivity index (χ3n) is 3.09. The van der Waals surface area contributed by atoms with Crippen LogP contribution in [0.25, 0.3) is 0 Å². The van der Waals surface area contributed by atoms with Gasteiger partial charge in [-0.3, -0.25) is 4.98 Å². The van der Waals surface area contributed by atoms with Gasteiger partial charge in [-0.2, -0.15) is 0 Å². The van der Waals surface area contributed by atoms with Gasteiger partial charge < -0.3 is 10.6 Å². The fourth-order valence-electron chi connectivity index (χ4n) is 1.97. The summed E-state index contributed by atoms with van der Waals surface area (Å²) in [7, 11) is 0. The van der Waals surface area contributed by atoms with Gasteiger partial charge in [0.1, 0.15) is 0 Å². The Morgan fingerprint density at radius 3 is 2.64 bits per heavy atom. The molecule has 0 unspecified atom stereocenters. The first-order valence-corrected chi connectivity index (χ1v) is 7.82. The van der Waals surface area contributed by atoms with Gasteiger partial charge >= 0.3 is 0 Å². The van der Waals surface area contributed by atoms with Crippen LogP contribution in [0.4, 0.5) is 0 Å². The Morgan fingerprint density at radius 2 is 1.95 bits per heavy atom. The number of rotatable bonds is 6. The highest BCUT2D eigenvalue weighted by Gasteiger charge is 1.99. The lowest BCUT2D eigenvalue weighted by Gasteiger charge is -2.11. The van der Waals surface area contributed by atoms with Crippen LogP contribution in [0.1, 0.15) is 18.2 Å². The molecule has 1 aromatic heterocycles. The Kier molecular flexibility index (Phi) is 6.71.